The molecule has 7 nitrogen and oxygen atoms in total. The van der Waals surface area contributed by atoms with E-state index in [1.807, 2.05) is 4.90 Å². The molecule has 0 unspecified atom stereocenters. The van der Waals surface area contributed by atoms with Gasteiger partial charge in [0.1, 0.15) is 4.88 Å². The van der Waals surface area contributed by atoms with Crippen LogP contribution in [-0.2, 0) is 4.74 Å². The van der Waals surface area contributed by atoms with Crippen molar-refractivity contribution in [1.29, 1.82) is 0 Å². The Labute approximate surface area is 150 Å². The number of hydrogen-bond acceptors (Lipinski definition) is 7. The van der Waals surface area contributed by atoms with Gasteiger partial charge in [-0.3, -0.25) is 9.69 Å². The Morgan fingerprint density at radius 2 is 1.96 bits per heavy atom. The molecule has 0 aromatic carbocycles. The van der Waals surface area contributed by atoms with E-state index in [1.54, 1.807) is 24.7 Å². The Hall–Kier alpha value is -1.90. The van der Waals surface area contributed by atoms with Gasteiger partial charge in [-0.15, -0.1) is 11.3 Å². The van der Waals surface area contributed by atoms with Crippen molar-refractivity contribution in [3.63, 3.8) is 0 Å². The van der Waals surface area contributed by atoms with Crippen LogP contribution in [0.25, 0.3) is 10.8 Å². The molecule has 2 atom stereocenters. The second-order valence-corrected chi connectivity index (χ2v) is 7.38. The fraction of sp³-hybridized carbons (Fsp3) is 0.529. The third kappa shape index (κ3) is 3.29. The molecule has 2 aromatic rings. The van der Waals surface area contributed by atoms with E-state index in [1.165, 1.54) is 11.3 Å². The normalized spacial score (nSPS) is 24.6. The summed E-state index contributed by atoms with van der Waals surface area (Å²) in [5, 5.41) is 0.681. The summed E-state index contributed by atoms with van der Waals surface area (Å²) in [6.07, 6.45) is 6.02. The van der Waals surface area contributed by atoms with Crippen molar-refractivity contribution in [2.45, 2.75) is 25.4 Å². The molecule has 2 saturated heterocycles. The number of thiazole rings is 1. The number of likely N-dealkylation sites (tertiary alicyclic amines) is 1. The van der Waals surface area contributed by atoms with E-state index in [-0.39, 0.29) is 11.9 Å². The Morgan fingerprint density at radius 3 is 2.72 bits per heavy atom. The first-order valence-electron chi connectivity index (χ1n) is 8.60. The number of carbonyl (C=O) groups is 1. The number of rotatable bonds is 3. The summed E-state index contributed by atoms with van der Waals surface area (Å²) in [7, 11) is 0. The molecule has 8 heteroatoms. The van der Waals surface area contributed by atoms with Crippen LogP contribution in [0.15, 0.2) is 24.7 Å². The van der Waals surface area contributed by atoms with Gasteiger partial charge in [0, 0.05) is 44.1 Å². The maximum Gasteiger partial charge on any atom is 0.265 e. The molecule has 25 heavy (non-hydrogen) atoms. The topological polar surface area (TPSA) is 71.5 Å². The van der Waals surface area contributed by atoms with E-state index < -0.39 is 0 Å². The minimum absolute atomic E-state index is 0.0583. The second-order valence-electron chi connectivity index (χ2n) is 6.35. The summed E-state index contributed by atoms with van der Waals surface area (Å²) >= 11 is 1.36. The average molecular weight is 359 g/mol. The summed E-state index contributed by atoms with van der Waals surface area (Å²) in [4.78, 5) is 30.8. The van der Waals surface area contributed by atoms with Crippen LogP contribution in [0.5, 0.6) is 0 Å². The summed E-state index contributed by atoms with van der Waals surface area (Å²) in [5.41, 5.74) is 0. The molecule has 0 saturated carbocycles. The number of nitrogens with zero attached hydrogens (tertiary/aromatic N) is 5. The van der Waals surface area contributed by atoms with Gasteiger partial charge in [-0.2, -0.15) is 0 Å². The van der Waals surface area contributed by atoms with Crippen LogP contribution in [0.4, 0.5) is 0 Å². The monoisotopic (exact) mass is 359 g/mol. The maximum absolute atomic E-state index is 12.9. The molecule has 0 N–H and O–H groups in total. The fourth-order valence-corrected chi connectivity index (χ4v) is 4.46. The largest absolute Gasteiger partial charge is 0.379 e. The summed E-state index contributed by atoms with van der Waals surface area (Å²) in [6, 6.07) is 2.38. The average Bonchev–Trinajstić information content (AvgIpc) is 3.30. The van der Waals surface area contributed by atoms with Crippen molar-refractivity contribution in [2.24, 2.45) is 0 Å². The first-order chi connectivity index (χ1) is 12.2. The molecule has 4 heterocycles. The molecule has 132 valence electrons. The number of carbonyl (C=O) groups excluding carboxylic acids is 1. The maximum atomic E-state index is 12.9. The van der Waals surface area contributed by atoms with Crippen LogP contribution in [-0.4, -0.2) is 75.6 Å². The lowest BCUT2D eigenvalue weighted by Gasteiger charge is -2.35. The Bertz CT molecular complexity index is 732. The Balaban J connectivity index is 1.47. The van der Waals surface area contributed by atoms with Crippen LogP contribution in [0, 0.1) is 0 Å². The predicted molar refractivity (Wildman–Crippen MR) is 94.4 cm³/mol. The van der Waals surface area contributed by atoms with Gasteiger partial charge in [0.2, 0.25) is 0 Å². The van der Waals surface area contributed by atoms with E-state index in [2.05, 4.69) is 26.8 Å². The molecule has 0 radical (unpaired) electrons. The van der Waals surface area contributed by atoms with Gasteiger partial charge in [-0.1, -0.05) is 0 Å². The van der Waals surface area contributed by atoms with Gasteiger partial charge in [-0.25, -0.2) is 15.0 Å². The molecule has 2 aliphatic rings. The molecule has 0 aliphatic carbocycles. The smallest absolute Gasteiger partial charge is 0.265 e. The molecule has 2 aromatic heterocycles. The molecule has 0 spiro atoms. The third-order valence-electron chi connectivity index (χ3n) is 4.96. The highest BCUT2D eigenvalue weighted by Gasteiger charge is 2.38. The van der Waals surface area contributed by atoms with Gasteiger partial charge in [0.15, 0.2) is 10.8 Å². The lowest BCUT2D eigenvalue weighted by atomic mass is 10.1. The van der Waals surface area contributed by atoms with Crippen LogP contribution >= 0.6 is 11.3 Å². The zero-order chi connectivity index (χ0) is 17.2. The predicted octanol–water partition coefficient (Wildman–Crippen LogP) is 1.54. The van der Waals surface area contributed by atoms with E-state index in [4.69, 9.17) is 4.74 Å². The third-order valence-corrected chi connectivity index (χ3v) is 5.94. The lowest BCUT2D eigenvalue weighted by Crippen LogP contribution is -2.49. The molecular weight excluding hydrogens is 338 g/mol. The molecule has 4 rings (SSSR count). The van der Waals surface area contributed by atoms with E-state index in [9.17, 15) is 4.79 Å². The van der Waals surface area contributed by atoms with E-state index >= 15 is 0 Å². The minimum atomic E-state index is 0.0583. The summed E-state index contributed by atoms with van der Waals surface area (Å²) in [5.74, 6) is 0.621. The highest BCUT2D eigenvalue weighted by molar-refractivity contribution is 7.16. The number of aromatic nitrogens is 3. The second kappa shape index (κ2) is 7.15. The standard InChI is InChI=1S/C17H21N5O2S/c1-12-13(21-7-9-24-10-8-21)3-6-22(12)17(23)14-11-20-16(25-14)15-18-4-2-5-19-15/h2,4-5,11-13H,3,6-10H2,1H3/t12-,13-/m1/s1. The van der Waals surface area contributed by atoms with Crippen LogP contribution in [0.3, 0.4) is 0 Å². The molecular formula is C17H21N5O2S. The molecule has 1 amide bonds. The lowest BCUT2D eigenvalue weighted by molar-refractivity contribution is 0.0105. The quantitative estimate of drug-likeness (QED) is 0.828. The van der Waals surface area contributed by atoms with Crippen molar-refractivity contribution in [2.75, 3.05) is 32.8 Å². The van der Waals surface area contributed by atoms with Gasteiger partial charge >= 0.3 is 0 Å². The first-order valence-corrected chi connectivity index (χ1v) is 9.41. The van der Waals surface area contributed by atoms with Gasteiger partial charge in [0.25, 0.3) is 5.91 Å². The minimum Gasteiger partial charge on any atom is -0.379 e. The van der Waals surface area contributed by atoms with Crippen molar-refractivity contribution in [1.82, 2.24) is 24.8 Å². The van der Waals surface area contributed by atoms with Gasteiger partial charge < -0.3 is 9.64 Å². The van der Waals surface area contributed by atoms with Crippen molar-refractivity contribution in [3.05, 3.63) is 29.5 Å². The van der Waals surface area contributed by atoms with Crippen molar-refractivity contribution in [3.8, 4) is 10.8 Å². The summed E-state index contributed by atoms with van der Waals surface area (Å²) < 4.78 is 5.44. The highest BCUT2D eigenvalue weighted by atomic mass is 32.1. The van der Waals surface area contributed by atoms with Crippen LogP contribution < -0.4 is 0 Å². The summed E-state index contributed by atoms with van der Waals surface area (Å²) in [6.45, 7) is 6.41. The molecule has 0 bridgehead atoms. The SMILES string of the molecule is C[C@@H]1[C@H](N2CCOCC2)CCN1C(=O)c1cnc(-c2ncccn2)s1. The van der Waals surface area contributed by atoms with Crippen molar-refractivity contribution >= 4 is 17.2 Å². The van der Waals surface area contributed by atoms with E-state index in [0.29, 0.717) is 21.8 Å². The fourth-order valence-electron chi connectivity index (χ4n) is 3.63. The Morgan fingerprint density at radius 1 is 1.20 bits per heavy atom. The molecule has 2 aliphatic heterocycles. The number of ether oxygens (including phenoxy) is 1. The van der Waals surface area contributed by atoms with Crippen LogP contribution in [0.2, 0.25) is 0 Å². The number of hydrogen-bond donors (Lipinski definition) is 0. The Kier molecular flexibility index (Phi) is 4.74. The van der Waals surface area contributed by atoms with Gasteiger partial charge in [0.05, 0.1) is 19.4 Å². The number of amides is 1. The zero-order valence-electron chi connectivity index (χ0n) is 14.2. The zero-order valence-corrected chi connectivity index (χ0v) is 15.0. The van der Waals surface area contributed by atoms with E-state index in [0.717, 1.165) is 39.3 Å². The number of morpholine rings is 1. The highest BCUT2D eigenvalue weighted by Crippen LogP contribution is 2.28. The van der Waals surface area contributed by atoms with Gasteiger partial charge in [-0.05, 0) is 19.4 Å². The van der Waals surface area contributed by atoms with Crippen molar-refractivity contribution < 1.29 is 9.53 Å². The molecule has 2 fully saturated rings. The first kappa shape index (κ1) is 16.6. The van der Waals surface area contributed by atoms with Crippen LogP contribution in [0.1, 0.15) is 23.0 Å².